The molecule has 19 heavy (non-hydrogen) atoms. The number of hydrogen-bond acceptors (Lipinski definition) is 3. The van der Waals surface area contributed by atoms with E-state index in [9.17, 15) is 14.4 Å². The molecule has 0 saturated carbocycles. The third-order valence-corrected chi connectivity index (χ3v) is 3.63. The monoisotopic (exact) mass is 264 g/mol. The van der Waals surface area contributed by atoms with Crippen LogP contribution in [0.5, 0.6) is 0 Å². The fourth-order valence-corrected chi connectivity index (χ4v) is 2.17. The van der Waals surface area contributed by atoms with Gasteiger partial charge in [-0.2, -0.15) is 0 Å². The van der Waals surface area contributed by atoms with Crippen molar-refractivity contribution < 1.29 is 14.7 Å². The van der Waals surface area contributed by atoms with Gasteiger partial charge in [0, 0.05) is 38.0 Å². The lowest BCUT2D eigenvalue weighted by Crippen LogP contribution is -2.35. The van der Waals surface area contributed by atoms with Gasteiger partial charge in [-0.1, -0.05) is 0 Å². The predicted molar refractivity (Wildman–Crippen MR) is 67.9 cm³/mol. The molecule has 1 aromatic heterocycles. The molecule has 1 N–H and O–H groups in total. The lowest BCUT2D eigenvalue weighted by atomic mass is 9.90. The molecule has 1 aliphatic rings. The number of carboxylic acid groups (broad SMARTS) is 1. The number of carbonyl (C=O) groups excluding carboxylic acids is 1. The molecule has 2 heterocycles. The fourth-order valence-electron chi connectivity index (χ4n) is 2.17. The van der Waals surface area contributed by atoms with Crippen molar-refractivity contribution in [3.8, 4) is 0 Å². The Morgan fingerprint density at radius 1 is 1.42 bits per heavy atom. The average Bonchev–Trinajstić information content (AvgIpc) is 2.76. The maximum atomic E-state index is 12.2. The molecule has 1 fully saturated rings. The summed E-state index contributed by atoms with van der Waals surface area (Å²) in [6.07, 6.45) is 1.96. The molecule has 1 atom stereocenters. The third kappa shape index (κ3) is 2.38. The molecule has 0 aromatic carbocycles. The number of amides is 1. The molecule has 1 amide bonds. The number of carbonyl (C=O) groups is 2. The van der Waals surface area contributed by atoms with Crippen LogP contribution in [-0.4, -0.2) is 39.5 Å². The number of pyridine rings is 1. The largest absolute Gasteiger partial charge is 0.481 e. The normalized spacial score (nSPS) is 22.5. The lowest BCUT2D eigenvalue weighted by Gasteiger charge is -2.20. The van der Waals surface area contributed by atoms with Crippen LogP contribution in [0.4, 0.5) is 0 Å². The van der Waals surface area contributed by atoms with Crippen molar-refractivity contribution in [3.63, 3.8) is 0 Å². The number of likely N-dealkylation sites (tertiary alicyclic amines) is 1. The topological polar surface area (TPSA) is 79.6 Å². The van der Waals surface area contributed by atoms with E-state index in [4.69, 9.17) is 5.11 Å². The first-order valence-corrected chi connectivity index (χ1v) is 6.03. The molecular formula is C13H16N2O4. The van der Waals surface area contributed by atoms with E-state index in [1.807, 2.05) is 0 Å². The van der Waals surface area contributed by atoms with Crippen LogP contribution in [0.15, 0.2) is 23.1 Å². The Labute approximate surface area is 110 Å². The molecule has 2 rings (SSSR count). The van der Waals surface area contributed by atoms with Crippen LogP contribution in [0.25, 0.3) is 0 Å². The van der Waals surface area contributed by atoms with Gasteiger partial charge in [-0.15, -0.1) is 0 Å². The van der Waals surface area contributed by atoms with Gasteiger partial charge >= 0.3 is 5.97 Å². The number of nitrogens with zero attached hydrogens (tertiary/aromatic N) is 2. The van der Waals surface area contributed by atoms with Gasteiger partial charge < -0.3 is 14.6 Å². The molecule has 6 heteroatoms. The maximum Gasteiger partial charge on any atom is 0.311 e. The molecule has 1 aliphatic heterocycles. The maximum absolute atomic E-state index is 12.2. The van der Waals surface area contributed by atoms with E-state index in [2.05, 4.69) is 0 Å². The van der Waals surface area contributed by atoms with Gasteiger partial charge in [0.25, 0.3) is 11.5 Å². The van der Waals surface area contributed by atoms with Gasteiger partial charge in [0.1, 0.15) is 0 Å². The van der Waals surface area contributed by atoms with Crippen LogP contribution >= 0.6 is 0 Å². The van der Waals surface area contributed by atoms with E-state index in [-0.39, 0.29) is 18.0 Å². The quantitative estimate of drug-likeness (QED) is 0.834. The fraction of sp³-hybridized carbons (Fsp3) is 0.462. The van der Waals surface area contributed by atoms with E-state index in [1.54, 1.807) is 20.0 Å². The Kier molecular flexibility index (Phi) is 3.18. The third-order valence-electron chi connectivity index (χ3n) is 3.63. The zero-order valence-corrected chi connectivity index (χ0v) is 10.9. The van der Waals surface area contributed by atoms with E-state index in [1.165, 1.54) is 21.7 Å². The van der Waals surface area contributed by atoms with Crippen molar-refractivity contribution in [1.29, 1.82) is 0 Å². The average molecular weight is 264 g/mol. The second-order valence-corrected chi connectivity index (χ2v) is 5.21. The molecule has 1 saturated heterocycles. The summed E-state index contributed by atoms with van der Waals surface area (Å²) in [6, 6.07) is 2.85. The minimum atomic E-state index is -0.897. The summed E-state index contributed by atoms with van der Waals surface area (Å²) in [5.41, 5.74) is -0.848. The number of aliphatic carboxylic acids is 1. The van der Waals surface area contributed by atoms with Crippen LogP contribution in [-0.2, 0) is 11.8 Å². The van der Waals surface area contributed by atoms with Gasteiger partial charge in [-0.05, 0) is 19.4 Å². The summed E-state index contributed by atoms with van der Waals surface area (Å²) < 4.78 is 1.38. The van der Waals surface area contributed by atoms with Gasteiger partial charge in [0.2, 0.25) is 0 Å². The van der Waals surface area contributed by atoms with Crippen LogP contribution in [0, 0.1) is 5.41 Å². The Morgan fingerprint density at radius 2 is 2.11 bits per heavy atom. The molecule has 1 unspecified atom stereocenters. The van der Waals surface area contributed by atoms with E-state index in [0.717, 1.165) is 0 Å². The van der Waals surface area contributed by atoms with Crippen molar-refractivity contribution >= 4 is 11.9 Å². The molecule has 1 aromatic rings. The highest BCUT2D eigenvalue weighted by Crippen LogP contribution is 2.30. The lowest BCUT2D eigenvalue weighted by molar-refractivity contribution is -0.147. The molecule has 0 aliphatic carbocycles. The van der Waals surface area contributed by atoms with Gasteiger partial charge in [0.05, 0.1) is 5.41 Å². The first kappa shape index (κ1) is 13.3. The van der Waals surface area contributed by atoms with Crippen LogP contribution in [0.3, 0.4) is 0 Å². The predicted octanol–water partition coefficient (Wildman–Crippen LogP) is 0.322. The number of carboxylic acids is 1. The van der Waals surface area contributed by atoms with Crippen molar-refractivity contribution in [1.82, 2.24) is 9.47 Å². The second kappa shape index (κ2) is 4.53. The number of hydrogen-bond donors (Lipinski definition) is 1. The Morgan fingerprint density at radius 3 is 2.63 bits per heavy atom. The summed E-state index contributed by atoms with van der Waals surface area (Å²) in [5, 5.41) is 9.13. The number of aryl methyl sites for hydroxylation is 1. The summed E-state index contributed by atoms with van der Waals surface area (Å²) in [6.45, 7) is 2.21. The molecule has 0 spiro atoms. The SMILES string of the molecule is Cn1ccc(C(=O)N2CCC(C)(C(=O)O)C2)cc1=O. The highest BCUT2D eigenvalue weighted by Gasteiger charge is 2.42. The first-order chi connectivity index (χ1) is 8.83. The number of aromatic nitrogens is 1. The van der Waals surface area contributed by atoms with Gasteiger partial charge in [0.15, 0.2) is 0 Å². The zero-order valence-electron chi connectivity index (χ0n) is 10.9. The van der Waals surface area contributed by atoms with E-state index < -0.39 is 11.4 Å². The number of rotatable bonds is 2. The summed E-state index contributed by atoms with van der Waals surface area (Å²) in [5.74, 6) is -1.19. The molecule has 0 radical (unpaired) electrons. The van der Waals surface area contributed by atoms with E-state index >= 15 is 0 Å². The Balaban J connectivity index is 2.20. The van der Waals surface area contributed by atoms with Gasteiger partial charge in [-0.25, -0.2) is 0 Å². The molecule has 0 bridgehead atoms. The molecular weight excluding hydrogens is 248 g/mol. The van der Waals surface area contributed by atoms with Crippen molar-refractivity contribution in [2.45, 2.75) is 13.3 Å². The molecule has 6 nitrogen and oxygen atoms in total. The van der Waals surface area contributed by atoms with Crippen molar-refractivity contribution in [2.24, 2.45) is 12.5 Å². The standard InChI is InChI=1S/C13H16N2O4/c1-13(12(18)19)4-6-15(8-13)11(17)9-3-5-14(2)10(16)7-9/h3,5,7H,4,6,8H2,1-2H3,(H,18,19). The highest BCUT2D eigenvalue weighted by atomic mass is 16.4. The van der Waals surface area contributed by atoms with Crippen molar-refractivity contribution in [3.05, 3.63) is 34.2 Å². The van der Waals surface area contributed by atoms with Crippen LogP contribution in [0.2, 0.25) is 0 Å². The van der Waals surface area contributed by atoms with E-state index in [0.29, 0.717) is 18.5 Å². The summed E-state index contributed by atoms with van der Waals surface area (Å²) >= 11 is 0. The first-order valence-electron chi connectivity index (χ1n) is 6.03. The Bertz CT molecular complexity index is 593. The minimum absolute atomic E-state index is 0.177. The highest BCUT2D eigenvalue weighted by molar-refractivity contribution is 5.94. The molecule has 102 valence electrons. The smallest absolute Gasteiger partial charge is 0.311 e. The minimum Gasteiger partial charge on any atom is -0.481 e. The van der Waals surface area contributed by atoms with Gasteiger partial charge in [-0.3, -0.25) is 14.4 Å². The van der Waals surface area contributed by atoms with Crippen molar-refractivity contribution in [2.75, 3.05) is 13.1 Å². The zero-order chi connectivity index (χ0) is 14.2. The summed E-state index contributed by atoms with van der Waals surface area (Å²) in [7, 11) is 1.61. The van der Waals surface area contributed by atoms with Crippen LogP contribution < -0.4 is 5.56 Å². The Hall–Kier alpha value is -2.11. The second-order valence-electron chi connectivity index (χ2n) is 5.21. The summed E-state index contributed by atoms with van der Waals surface area (Å²) in [4.78, 5) is 36.3. The van der Waals surface area contributed by atoms with Crippen LogP contribution in [0.1, 0.15) is 23.7 Å².